The van der Waals surface area contributed by atoms with Gasteiger partial charge in [0.1, 0.15) is 0 Å². The molecule has 122 valence electrons. The van der Waals surface area contributed by atoms with Gasteiger partial charge in [-0.3, -0.25) is 4.79 Å². The lowest BCUT2D eigenvalue weighted by Gasteiger charge is -2.32. The molecule has 1 aliphatic heterocycles. The number of aromatic nitrogens is 2. The van der Waals surface area contributed by atoms with Crippen LogP contribution in [-0.2, 0) is 0 Å². The van der Waals surface area contributed by atoms with Crippen molar-refractivity contribution in [1.29, 1.82) is 0 Å². The molecule has 1 aliphatic rings. The highest BCUT2D eigenvalue weighted by Gasteiger charge is 2.23. The highest BCUT2D eigenvalue weighted by Crippen LogP contribution is 2.21. The average molecular weight is 312 g/mol. The van der Waals surface area contributed by atoms with E-state index in [1.54, 1.807) is 10.9 Å². The summed E-state index contributed by atoms with van der Waals surface area (Å²) < 4.78 is 1.79. The van der Waals surface area contributed by atoms with Crippen LogP contribution in [-0.4, -0.2) is 47.3 Å². The predicted molar refractivity (Wildman–Crippen MR) is 90.7 cm³/mol. The Bertz CT molecular complexity index is 613. The van der Waals surface area contributed by atoms with Gasteiger partial charge < -0.3 is 10.2 Å². The molecule has 5 heteroatoms. The summed E-state index contributed by atoms with van der Waals surface area (Å²) in [5, 5.41) is 7.40. The summed E-state index contributed by atoms with van der Waals surface area (Å²) in [5.74, 6) is 0.887. The predicted octanol–water partition coefficient (Wildman–Crippen LogP) is 2.33. The first-order valence-electron chi connectivity index (χ1n) is 8.32. The number of rotatable bonds is 5. The highest BCUT2D eigenvalue weighted by molar-refractivity contribution is 5.94. The van der Waals surface area contributed by atoms with Crippen LogP contribution in [0.5, 0.6) is 0 Å². The van der Waals surface area contributed by atoms with E-state index in [-0.39, 0.29) is 5.91 Å². The molecule has 5 nitrogen and oxygen atoms in total. The van der Waals surface area contributed by atoms with Gasteiger partial charge in [0.25, 0.3) is 5.91 Å². The number of hydrogen-bond acceptors (Lipinski definition) is 3. The molecule has 0 unspecified atom stereocenters. The minimum absolute atomic E-state index is 0.143. The molecule has 0 aliphatic carbocycles. The number of nitrogens with zero attached hydrogens (tertiary/aromatic N) is 3. The molecule has 0 bridgehead atoms. The first-order chi connectivity index (χ1) is 11.3. The molecule has 3 rings (SSSR count). The second-order valence-electron chi connectivity index (χ2n) is 6.13. The van der Waals surface area contributed by atoms with Crippen LogP contribution in [0, 0.1) is 5.92 Å². The van der Waals surface area contributed by atoms with Gasteiger partial charge in [-0.15, -0.1) is 0 Å². The fraction of sp³-hybridized carbons (Fsp3) is 0.444. The van der Waals surface area contributed by atoms with E-state index in [1.165, 1.54) is 6.42 Å². The number of piperidine rings is 1. The molecular formula is C18H24N4O. The Morgan fingerprint density at radius 2 is 2.00 bits per heavy atom. The normalized spacial score (nSPS) is 15.8. The Kier molecular flexibility index (Phi) is 5.08. The number of carbonyl (C=O) groups excluding carboxylic acids is 1. The van der Waals surface area contributed by atoms with E-state index in [4.69, 9.17) is 0 Å². The van der Waals surface area contributed by atoms with E-state index in [2.05, 4.69) is 10.4 Å². The molecule has 2 aromatic rings. The van der Waals surface area contributed by atoms with Gasteiger partial charge in [-0.05, 0) is 69.1 Å². The van der Waals surface area contributed by atoms with Crippen LogP contribution in [0.3, 0.4) is 0 Å². The first kappa shape index (κ1) is 15.7. The van der Waals surface area contributed by atoms with Crippen molar-refractivity contribution in [2.45, 2.75) is 19.3 Å². The molecule has 1 N–H and O–H groups in total. The van der Waals surface area contributed by atoms with Gasteiger partial charge in [-0.25, -0.2) is 4.68 Å². The molecule has 1 fully saturated rings. The Morgan fingerprint density at radius 1 is 1.26 bits per heavy atom. The van der Waals surface area contributed by atoms with E-state index < -0.39 is 0 Å². The quantitative estimate of drug-likeness (QED) is 0.922. The van der Waals surface area contributed by atoms with Crippen molar-refractivity contribution in [3.63, 3.8) is 0 Å². The van der Waals surface area contributed by atoms with E-state index >= 15 is 0 Å². The Hall–Kier alpha value is -2.14. The van der Waals surface area contributed by atoms with E-state index in [0.717, 1.165) is 49.6 Å². The SMILES string of the molecule is CNCCC1CCN(C(=O)c2ccc(-n3cccn3)cc2)CC1. The molecule has 1 aromatic heterocycles. The van der Waals surface area contributed by atoms with Crippen molar-refractivity contribution in [1.82, 2.24) is 20.0 Å². The number of carbonyl (C=O) groups is 1. The van der Waals surface area contributed by atoms with Crippen molar-refractivity contribution < 1.29 is 4.79 Å². The maximum atomic E-state index is 12.6. The van der Waals surface area contributed by atoms with Crippen LogP contribution in [0.2, 0.25) is 0 Å². The molecule has 1 saturated heterocycles. The third-order valence-electron chi connectivity index (χ3n) is 4.59. The second kappa shape index (κ2) is 7.42. The lowest BCUT2D eigenvalue weighted by molar-refractivity contribution is 0.0687. The van der Waals surface area contributed by atoms with Gasteiger partial charge >= 0.3 is 0 Å². The molecule has 0 radical (unpaired) electrons. The summed E-state index contributed by atoms with van der Waals surface area (Å²) in [6.07, 6.45) is 7.07. The summed E-state index contributed by atoms with van der Waals surface area (Å²) >= 11 is 0. The van der Waals surface area contributed by atoms with Crippen LogP contribution in [0.15, 0.2) is 42.7 Å². The second-order valence-corrected chi connectivity index (χ2v) is 6.13. The maximum Gasteiger partial charge on any atom is 0.253 e. The molecule has 0 spiro atoms. The van der Waals surface area contributed by atoms with Gasteiger partial charge in [0, 0.05) is 31.0 Å². The average Bonchev–Trinajstić information content (AvgIpc) is 3.14. The molecule has 1 amide bonds. The zero-order valence-corrected chi connectivity index (χ0v) is 13.6. The molecule has 0 atom stereocenters. The molecule has 0 saturated carbocycles. The number of benzene rings is 1. The zero-order valence-electron chi connectivity index (χ0n) is 13.6. The van der Waals surface area contributed by atoms with Crippen LogP contribution in [0.25, 0.3) is 5.69 Å². The summed E-state index contributed by atoms with van der Waals surface area (Å²) in [4.78, 5) is 14.6. The van der Waals surface area contributed by atoms with Crippen LogP contribution >= 0.6 is 0 Å². The standard InChI is InChI=1S/C18H24N4O/c1-19-11-7-15-8-13-21(14-9-15)18(23)16-3-5-17(6-4-16)22-12-2-10-20-22/h2-6,10,12,15,19H,7-9,11,13-14H2,1H3. The Morgan fingerprint density at radius 3 is 2.61 bits per heavy atom. The zero-order chi connectivity index (χ0) is 16.1. The Balaban J connectivity index is 1.58. The van der Waals surface area contributed by atoms with Crippen LogP contribution in [0.4, 0.5) is 0 Å². The van der Waals surface area contributed by atoms with Crippen molar-refractivity contribution in [3.05, 3.63) is 48.3 Å². The van der Waals surface area contributed by atoms with Crippen LogP contribution < -0.4 is 5.32 Å². The third-order valence-corrected chi connectivity index (χ3v) is 4.59. The van der Waals surface area contributed by atoms with Crippen molar-refractivity contribution in [3.8, 4) is 5.69 Å². The largest absolute Gasteiger partial charge is 0.339 e. The summed E-state index contributed by atoms with van der Waals surface area (Å²) in [7, 11) is 1.99. The lowest BCUT2D eigenvalue weighted by Crippen LogP contribution is -2.38. The van der Waals surface area contributed by atoms with Crippen molar-refractivity contribution >= 4 is 5.91 Å². The van der Waals surface area contributed by atoms with Crippen molar-refractivity contribution in [2.24, 2.45) is 5.92 Å². The van der Waals surface area contributed by atoms with Gasteiger partial charge in [0.05, 0.1) is 5.69 Å². The first-order valence-corrected chi connectivity index (χ1v) is 8.32. The topological polar surface area (TPSA) is 50.2 Å². The van der Waals surface area contributed by atoms with E-state index in [9.17, 15) is 4.79 Å². The number of likely N-dealkylation sites (tertiary alicyclic amines) is 1. The Labute approximate surface area is 137 Å². The molecule has 2 heterocycles. The summed E-state index contributed by atoms with van der Waals surface area (Å²) in [6.45, 7) is 2.80. The molecular weight excluding hydrogens is 288 g/mol. The molecule has 23 heavy (non-hydrogen) atoms. The number of nitrogens with one attached hydrogen (secondary N) is 1. The fourth-order valence-corrected chi connectivity index (χ4v) is 3.13. The van der Waals surface area contributed by atoms with E-state index in [0.29, 0.717) is 0 Å². The summed E-state index contributed by atoms with van der Waals surface area (Å²) in [5.41, 5.74) is 1.73. The van der Waals surface area contributed by atoms with Gasteiger partial charge in [0.15, 0.2) is 0 Å². The van der Waals surface area contributed by atoms with Crippen LogP contribution in [0.1, 0.15) is 29.6 Å². The molecule has 1 aromatic carbocycles. The third kappa shape index (κ3) is 3.79. The smallest absolute Gasteiger partial charge is 0.253 e. The minimum Gasteiger partial charge on any atom is -0.339 e. The highest BCUT2D eigenvalue weighted by atomic mass is 16.2. The number of amides is 1. The summed E-state index contributed by atoms with van der Waals surface area (Å²) in [6, 6.07) is 9.57. The van der Waals surface area contributed by atoms with E-state index in [1.807, 2.05) is 48.5 Å². The van der Waals surface area contributed by atoms with Gasteiger partial charge in [0.2, 0.25) is 0 Å². The lowest BCUT2D eigenvalue weighted by atomic mass is 9.93. The monoisotopic (exact) mass is 312 g/mol. The van der Waals surface area contributed by atoms with Gasteiger partial charge in [-0.1, -0.05) is 0 Å². The van der Waals surface area contributed by atoms with Gasteiger partial charge in [-0.2, -0.15) is 5.10 Å². The minimum atomic E-state index is 0.143. The fourth-order valence-electron chi connectivity index (χ4n) is 3.13. The van der Waals surface area contributed by atoms with Crippen molar-refractivity contribution in [2.75, 3.05) is 26.7 Å². The maximum absolute atomic E-state index is 12.6. The number of hydrogen-bond donors (Lipinski definition) is 1.